The molecule has 2 rings (SSSR count). The van der Waals surface area contributed by atoms with Gasteiger partial charge in [-0.2, -0.15) is 0 Å². The summed E-state index contributed by atoms with van der Waals surface area (Å²) in [6.07, 6.45) is 1.78. The van der Waals surface area contributed by atoms with Crippen LogP contribution in [0, 0.1) is 0 Å². The van der Waals surface area contributed by atoms with Crippen molar-refractivity contribution in [1.82, 2.24) is 15.2 Å². The molecule has 0 aliphatic carbocycles. The minimum absolute atomic E-state index is 0. The molecular formula is C11H18ClN3O. The normalized spacial score (nSPS) is 25.0. The zero-order valence-corrected chi connectivity index (χ0v) is 10.4. The molecule has 16 heavy (non-hydrogen) atoms. The summed E-state index contributed by atoms with van der Waals surface area (Å²) in [6, 6.07) is 4.28. The first kappa shape index (κ1) is 13.1. The van der Waals surface area contributed by atoms with Gasteiger partial charge in [0.2, 0.25) is 0 Å². The molecule has 0 saturated carbocycles. The van der Waals surface area contributed by atoms with Gasteiger partial charge in [0.1, 0.15) is 5.69 Å². The molecule has 5 heteroatoms. The second kappa shape index (κ2) is 5.37. The van der Waals surface area contributed by atoms with Crippen molar-refractivity contribution in [2.45, 2.75) is 25.9 Å². The van der Waals surface area contributed by atoms with E-state index in [2.05, 4.69) is 24.1 Å². The van der Waals surface area contributed by atoms with Crippen molar-refractivity contribution < 1.29 is 4.79 Å². The largest absolute Gasteiger partial charge is 0.357 e. The highest BCUT2D eigenvalue weighted by atomic mass is 35.5. The van der Waals surface area contributed by atoms with Gasteiger partial charge in [0, 0.05) is 31.4 Å². The van der Waals surface area contributed by atoms with Crippen LogP contribution in [0.1, 0.15) is 24.3 Å². The van der Waals surface area contributed by atoms with E-state index in [1.807, 2.05) is 17.0 Å². The number of carbonyl (C=O) groups excluding carboxylic acids is 1. The zero-order valence-electron chi connectivity index (χ0n) is 9.56. The maximum Gasteiger partial charge on any atom is 0.270 e. The molecule has 2 atom stereocenters. The predicted octanol–water partition coefficient (Wildman–Crippen LogP) is 1.26. The van der Waals surface area contributed by atoms with Crippen LogP contribution in [0.25, 0.3) is 0 Å². The third kappa shape index (κ3) is 2.39. The topological polar surface area (TPSA) is 48.1 Å². The van der Waals surface area contributed by atoms with Gasteiger partial charge in [-0.15, -0.1) is 12.4 Å². The summed E-state index contributed by atoms with van der Waals surface area (Å²) in [5.74, 6) is 0.0980. The highest BCUT2D eigenvalue weighted by Crippen LogP contribution is 2.12. The molecule has 1 aliphatic rings. The SMILES string of the molecule is CC1NCCN(C(=O)c2ccc[nH]2)C1C.Cl. The van der Waals surface area contributed by atoms with Crippen LogP contribution < -0.4 is 5.32 Å². The summed E-state index contributed by atoms with van der Waals surface area (Å²) < 4.78 is 0. The number of halogens is 1. The lowest BCUT2D eigenvalue weighted by Gasteiger charge is -2.38. The molecule has 2 heterocycles. The van der Waals surface area contributed by atoms with E-state index in [9.17, 15) is 4.79 Å². The van der Waals surface area contributed by atoms with E-state index in [0.29, 0.717) is 11.7 Å². The Kier molecular flexibility index (Phi) is 4.38. The summed E-state index contributed by atoms with van der Waals surface area (Å²) in [5.41, 5.74) is 0.677. The standard InChI is InChI=1S/C11H17N3O.ClH/c1-8-9(2)14(7-6-12-8)11(15)10-4-3-5-13-10;/h3-5,8-9,12-13H,6-7H2,1-2H3;1H. The molecule has 0 radical (unpaired) electrons. The first-order chi connectivity index (χ1) is 7.20. The zero-order chi connectivity index (χ0) is 10.8. The monoisotopic (exact) mass is 243 g/mol. The van der Waals surface area contributed by atoms with E-state index in [0.717, 1.165) is 13.1 Å². The smallest absolute Gasteiger partial charge is 0.270 e. The van der Waals surface area contributed by atoms with Crippen molar-refractivity contribution in [3.8, 4) is 0 Å². The van der Waals surface area contributed by atoms with Gasteiger partial charge in [0.05, 0.1) is 0 Å². The molecule has 1 fully saturated rings. The summed E-state index contributed by atoms with van der Waals surface area (Å²) in [4.78, 5) is 17.0. The van der Waals surface area contributed by atoms with E-state index in [1.165, 1.54) is 0 Å². The molecule has 1 aromatic rings. The van der Waals surface area contributed by atoms with Crippen LogP contribution in [0.4, 0.5) is 0 Å². The second-order valence-electron chi connectivity index (χ2n) is 4.07. The van der Waals surface area contributed by atoms with Crippen LogP contribution in [-0.4, -0.2) is 41.0 Å². The molecule has 1 aliphatic heterocycles. The van der Waals surface area contributed by atoms with Crippen molar-refractivity contribution in [2.24, 2.45) is 0 Å². The molecular weight excluding hydrogens is 226 g/mol. The van der Waals surface area contributed by atoms with Crippen molar-refractivity contribution in [2.75, 3.05) is 13.1 Å². The van der Waals surface area contributed by atoms with Crippen LogP contribution >= 0.6 is 12.4 Å². The van der Waals surface area contributed by atoms with E-state index < -0.39 is 0 Å². The summed E-state index contributed by atoms with van der Waals surface area (Å²) in [5, 5.41) is 3.36. The lowest BCUT2D eigenvalue weighted by molar-refractivity contribution is 0.0597. The summed E-state index contributed by atoms with van der Waals surface area (Å²) >= 11 is 0. The molecule has 0 spiro atoms. The van der Waals surface area contributed by atoms with Gasteiger partial charge < -0.3 is 15.2 Å². The number of hydrogen-bond acceptors (Lipinski definition) is 2. The quantitative estimate of drug-likeness (QED) is 0.780. The Morgan fingerprint density at radius 2 is 2.25 bits per heavy atom. The number of amides is 1. The van der Waals surface area contributed by atoms with Gasteiger partial charge in [0.25, 0.3) is 5.91 Å². The van der Waals surface area contributed by atoms with Crippen LogP contribution in [0.15, 0.2) is 18.3 Å². The fraction of sp³-hybridized carbons (Fsp3) is 0.545. The Labute approximate surface area is 102 Å². The third-order valence-electron chi connectivity index (χ3n) is 3.12. The summed E-state index contributed by atoms with van der Waals surface area (Å²) in [7, 11) is 0. The van der Waals surface area contributed by atoms with Crippen molar-refractivity contribution in [3.05, 3.63) is 24.0 Å². The lowest BCUT2D eigenvalue weighted by Crippen LogP contribution is -2.57. The molecule has 4 nitrogen and oxygen atoms in total. The van der Waals surface area contributed by atoms with Gasteiger partial charge in [-0.1, -0.05) is 0 Å². The molecule has 2 unspecified atom stereocenters. The fourth-order valence-electron chi connectivity index (χ4n) is 1.96. The Hall–Kier alpha value is -1.00. The molecule has 1 amide bonds. The highest BCUT2D eigenvalue weighted by Gasteiger charge is 2.28. The van der Waals surface area contributed by atoms with Crippen molar-refractivity contribution in [3.63, 3.8) is 0 Å². The fourth-order valence-corrected chi connectivity index (χ4v) is 1.96. The Balaban J connectivity index is 0.00000128. The van der Waals surface area contributed by atoms with Gasteiger partial charge >= 0.3 is 0 Å². The first-order valence-corrected chi connectivity index (χ1v) is 5.38. The molecule has 90 valence electrons. The number of hydrogen-bond donors (Lipinski definition) is 2. The summed E-state index contributed by atoms with van der Waals surface area (Å²) in [6.45, 7) is 5.85. The van der Waals surface area contributed by atoms with Gasteiger partial charge in [-0.3, -0.25) is 4.79 Å². The molecule has 0 bridgehead atoms. The highest BCUT2D eigenvalue weighted by molar-refractivity contribution is 5.92. The minimum Gasteiger partial charge on any atom is -0.357 e. The predicted molar refractivity (Wildman–Crippen MR) is 66.0 cm³/mol. The van der Waals surface area contributed by atoms with Crippen LogP contribution in [0.2, 0.25) is 0 Å². The van der Waals surface area contributed by atoms with E-state index in [-0.39, 0.29) is 24.4 Å². The van der Waals surface area contributed by atoms with Crippen LogP contribution in [-0.2, 0) is 0 Å². The average molecular weight is 244 g/mol. The number of rotatable bonds is 1. The Morgan fingerprint density at radius 1 is 1.50 bits per heavy atom. The van der Waals surface area contributed by atoms with E-state index in [4.69, 9.17) is 0 Å². The molecule has 1 saturated heterocycles. The second-order valence-corrected chi connectivity index (χ2v) is 4.07. The van der Waals surface area contributed by atoms with Gasteiger partial charge in [-0.05, 0) is 26.0 Å². The Bertz CT molecular complexity index is 339. The minimum atomic E-state index is 0. The van der Waals surface area contributed by atoms with E-state index >= 15 is 0 Å². The van der Waals surface area contributed by atoms with Gasteiger partial charge in [0.15, 0.2) is 0 Å². The maximum atomic E-state index is 12.1. The number of piperazine rings is 1. The van der Waals surface area contributed by atoms with Gasteiger partial charge in [-0.25, -0.2) is 0 Å². The number of aromatic amines is 1. The molecule has 1 aromatic heterocycles. The Morgan fingerprint density at radius 3 is 2.88 bits per heavy atom. The number of nitrogens with zero attached hydrogens (tertiary/aromatic N) is 1. The number of aromatic nitrogens is 1. The lowest BCUT2D eigenvalue weighted by atomic mass is 10.1. The first-order valence-electron chi connectivity index (χ1n) is 5.38. The van der Waals surface area contributed by atoms with Crippen LogP contribution in [0.5, 0.6) is 0 Å². The maximum absolute atomic E-state index is 12.1. The average Bonchev–Trinajstić information content (AvgIpc) is 2.74. The molecule has 0 aromatic carbocycles. The van der Waals surface area contributed by atoms with E-state index in [1.54, 1.807) is 6.20 Å². The van der Waals surface area contributed by atoms with Crippen molar-refractivity contribution in [1.29, 1.82) is 0 Å². The third-order valence-corrected chi connectivity index (χ3v) is 3.12. The number of nitrogens with one attached hydrogen (secondary N) is 2. The van der Waals surface area contributed by atoms with Crippen LogP contribution in [0.3, 0.4) is 0 Å². The molecule has 2 N–H and O–H groups in total. The number of carbonyl (C=O) groups is 1. The number of H-pyrrole nitrogens is 1. The van der Waals surface area contributed by atoms with Crippen molar-refractivity contribution >= 4 is 18.3 Å².